The molecule has 0 bridgehead atoms. The van der Waals surface area contributed by atoms with E-state index in [9.17, 15) is 0 Å². The van der Waals surface area contributed by atoms with Crippen LogP contribution in [0.15, 0.2) is 0 Å². The molecule has 0 aromatic carbocycles. The minimum atomic E-state index is -2.32. The van der Waals surface area contributed by atoms with E-state index in [1.54, 1.807) is 13.8 Å². The summed E-state index contributed by atoms with van der Waals surface area (Å²) in [6, 6.07) is 0. The van der Waals surface area contributed by atoms with Gasteiger partial charge in [-0.05, 0) is 53.1 Å². The van der Waals surface area contributed by atoms with Crippen LogP contribution in [-0.4, -0.2) is 99.7 Å². The highest BCUT2D eigenvalue weighted by Crippen LogP contribution is 2.21. The first-order chi connectivity index (χ1) is 13.2. The van der Waals surface area contributed by atoms with Gasteiger partial charge in [-0.25, -0.2) is 0 Å². The second-order valence-corrected chi connectivity index (χ2v) is 21.1. The monoisotopic (exact) mass is 472 g/mol. The fourth-order valence-electron chi connectivity index (χ4n) is 2.79. The summed E-state index contributed by atoms with van der Waals surface area (Å²) < 4.78 is 35.0. The van der Waals surface area contributed by atoms with Crippen molar-refractivity contribution < 1.29 is 37.4 Å². The summed E-state index contributed by atoms with van der Waals surface area (Å²) in [5.41, 5.74) is 0. The van der Waals surface area contributed by atoms with Gasteiger partial charge in [0.25, 0.3) is 0 Å². The van der Waals surface area contributed by atoms with Crippen molar-refractivity contribution in [2.24, 2.45) is 0 Å². The van der Waals surface area contributed by atoms with Crippen LogP contribution in [0.4, 0.5) is 0 Å². The van der Waals surface area contributed by atoms with E-state index in [0.29, 0.717) is 52.1 Å². The third-order valence-corrected chi connectivity index (χ3v) is 13.6. The standard InChI is InChI=1S/C18H44O8Si3/c1-17(19)13-21-9-11-23-15-27(3,4)25-29(7,8)26-28(5,6)16-24-12-10-22-14-18(2)20/h17-20H,9-16H2,1-8H3. The van der Waals surface area contributed by atoms with Crippen LogP contribution < -0.4 is 0 Å². The molecule has 0 spiro atoms. The number of aliphatic hydroxyl groups is 2. The summed E-state index contributed by atoms with van der Waals surface area (Å²) in [6.45, 7) is 18.6. The van der Waals surface area contributed by atoms with Crippen LogP contribution in [0, 0.1) is 0 Å². The van der Waals surface area contributed by atoms with Crippen LogP contribution in [0.2, 0.25) is 39.3 Å². The highest BCUT2D eigenvalue weighted by Gasteiger charge is 2.40. The van der Waals surface area contributed by atoms with Gasteiger partial charge in [-0.3, -0.25) is 0 Å². The van der Waals surface area contributed by atoms with Crippen molar-refractivity contribution in [3.63, 3.8) is 0 Å². The van der Waals surface area contributed by atoms with Gasteiger partial charge < -0.3 is 37.4 Å². The van der Waals surface area contributed by atoms with Crippen molar-refractivity contribution in [3.05, 3.63) is 0 Å². The number of aliphatic hydroxyl groups excluding tert-OH is 2. The van der Waals surface area contributed by atoms with Crippen molar-refractivity contribution >= 4 is 25.2 Å². The molecule has 0 aliphatic rings. The number of hydrogen-bond acceptors (Lipinski definition) is 8. The highest BCUT2D eigenvalue weighted by molar-refractivity contribution is 6.87. The van der Waals surface area contributed by atoms with Crippen LogP contribution >= 0.6 is 0 Å². The van der Waals surface area contributed by atoms with Gasteiger partial charge in [-0.2, -0.15) is 0 Å². The van der Waals surface area contributed by atoms with Gasteiger partial charge in [0.1, 0.15) is 0 Å². The van der Waals surface area contributed by atoms with E-state index < -0.39 is 37.4 Å². The molecule has 0 heterocycles. The van der Waals surface area contributed by atoms with E-state index >= 15 is 0 Å². The van der Waals surface area contributed by atoms with Crippen LogP contribution in [0.3, 0.4) is 0 Å². The Morgan fingerprint density at radius 1 is 0.586 bits per heavy atom. The lowest BCUT2D eigenvalue weighted by atomic mass is 10.4. The molecule has 2 unspecified atom stereocenters. The molecule has 0 fully saturated rings. The lowest BCUT2D eigenvalue weighted by Gasteiger charge is -2.38. The molecule has 0 saturated heterocycles. The summed E-state index contributed by atoms with van der Waals surface area (Å²) in [6.07, 6.45) is 0.233. The molecule has 2 atom stereocenters. The van der Waals surface area contributed by atoms with Gasteiger partial charge in [0.15, 0.2) is 0 Å². The fraction of sp³-hybridized carbons (Fsp3) is 1.00. The third-order valence-electron chi connectivity index (χ3n) is 3.41. The minimum absolute atomic E-state index is 0.322. The van der Waals surface area contributed by atoms with E-state index in [4.69, 9.17) is 37.4 Å². The summed E-state index contributed by atoms with van der Waals surface area (Å²) in [5, 5.41) is 18.3. The Bertz CT molecular complexity index is 384. The molecule has 0 aliphatic heterocycles. The molecule has 0 aliphatic carbocycles. The van der Waals surface area contributed by atoms with Gasteiger partial charge >= 0.3 is 8.56 Å². The maximum Gasteiger partial charge on any atom is 0.311 e. The lowest BCUT2D eigenvalue weighted by Crippen LogP contribution is -2.55. The Hall–Kier alpha value is 0.331. The summed E-state index contributed by atoms with van der Waals surface area (Å²) in [7, 11) is -6.39. The van der Waals surface area contributed by atoms with Crippen LogP contribution in [-0.2, 0) is 27.2 Å². The zero-order valence-electron chi connectivity index (χ0n) is 19.7. The molecule has 0 aromatic heterocycles. The Morgan fingerprint density at radius 3 is 1.21 bits per heavy atom. The normalized spacial score (nSPS) is 15.5. The first-order valence-corrected chi connectivity index (χ1v) is 19.4. The molecular formula is C18H44O8Si3. The van der Waals surface area contributed by atoms with Gasteiger partial charge in [0.05, 0.1) is 64.3 Å². The van der Waals surface area contributed by atoms with Crippen molar-refractivity contribution in [2.45, 2.75) is 65.3 Å². The Labute approximate surface area is 180 Å². The van der Waals surface area contributed by atoms with Gasteiger partial charge in [0, 0.05) is 0 Å². The predicted octanol–water partition coefficient (Wildman–Crippen LogP) is 2.04. The van der Waals surface area contributed by atoms with Crippen molar-refractivity contribution in [1.82, 2.24) is 0 Å². The molecule has 0 aromatic rings. The largest absolute Gasteiger partial charge is 0.435 e. The van der Waals surface area contributed by atoms with Crippen molar-refractivity contribution in [3.8, 4) is 0 Å². The van der Waals surface area contributed by atoms with Gasteiger partial charge in [-0.15, -0.1) is 0 Å². The summed E-state index contributed by atoms with van der Waals surface area (Å²) in [4.78, 5) is 0. The number of ether oxygens (including phenoxy) is 4. The number of rotatable bonds is 18. The topological polar surface area (TPSA) is 95.8 Å². The number of hydrogen-bond donors (Lipinski definition) is 2. The molecule has 0 saturated carbocycles. The second-order valence-electron chi connectivity index (χ2n) is 9.08. The first-order valence-electron chi connectivity index (χ1n) is 10.3. The third kappa shape index (κ3) is 18.8. The molecule has 2 N–H and O–H groups in total. The molecular weight excluding hydrogens is 428 g/mol. The Morgan fingerprint density at radius 2 is 0.897 bits per heavy atom. The van der Waals surface area contributed by atoms with Gasteiger partial charge in [0.2, 0.25) is 16.6 Å². The summed E-state index contributed by atoms with van der Waals surface area (Å²) in [5.74, 6) is 0. The van der Waals surface area contributed by atoms with E-state index in [0.717, 1.165) is 0 Å². The summed E-state index contributed by atoms with van der Waals surface area (Å²) >= 11 is 0. The SMILES string of the molecule is CC(O)COCCOC[Si](C)(C)O[Si](C)(C)O[Si](C)(C)COCCOCC(C)O. The molecule has 0 radical (unpaired) electrons. The smallest absolute Gasteiger partial charge is 0.311 e. The van der Waals surface area contributed by atoms with Crippen molar-refractivity contribution in [1.29, 1.82) is 0 Å². The zero-order valence-corrected chi connectivity index (χ0v) is 22.7. The highest BCUT2D eigenvalue weighted by atomic mass is 28.5. The molecule has 176 valence electrons. The molecule has 0 rings (SSSR count). The maximum atomic E-state index is 9.16. The average molecular weight is 473 g/mol. The van der Waals surface area contributed by atoms with Gasteiger partial charge in [-0.1, -0.05) is 0 Å². The van der Waals surface area contributed by atoms with E-state index in [2.05, 4.69) is 39.3 Å². The van der Waals surface area contributed by atoms with E-state index in [1.807, 2.05) is 0 Å². The van der Waals surface area contributed by atoms with Crippen LogP contribution in [0.5, 0.6) is 0 Å². The maximum absolute atomic E-state index is 9.16. The minimum Gasteiger partial charge on any atom is -0.435 e. The Kier molecular flexibility index (Phi) is 14.6. The molecule has 0 amide bonds. The molecule has 11 heteroatoms. The average Bonchev–Trinajstić information content (AvgIpc) is 2.51. The van der Waals surface area contributed by atoms with Crippen LogP contribution in [0.1, 0.15) is 13.8 Å². The zero-order chi connectivity index (χ0) is 22.6. The molecule has 8 nitrogen and oxygen atoms in total. The second kappa shape index (κ2) is 14.4. The van der Waals surface area contributed by atoms with Crippen LogP contribution in [0.25, 0.3) is 0 Å². The predicted molar refractivity (Wildman–Crippen MR) is 121 cm³/mol. The molecule has 29 heavy (non-hydrogen) atoms. The van der Waals surface area contributed by atoms with Crippen molar-refractivity contribution in [2.75, 3.05) is 52.1 Å². The van der Waals surface area contributed by atoms with E-state index in [1.165, 1.54) is 0 Å². The van der Waals surface area contributed by atoms with E-state index in [-0.39, 0.29) is 0 Å². The quantitative estimate of drug-likeness (QED) is 0.231. The first kappa shape index (κ1) is 29.3. The lowest BCUT2D eigenvalue weighted by molar-refractivity contribution is 0.0149. The fourth-order valence-corrected chi connectivity index (χ4v) is 15.7. The Balaban J connectivity index is 4.17.